The van der Waals surface area contributed by atoms with E-state index < -0.39 is 17.7 Å². The molecule has 6 heteroatoms. The lowest BCUT2D eigenvalue weighted by atomic mass is 9.96. The van der Waals surface area contributed by atoms with Crippen molar-refractivity contribution in [3.05, 3.63) is 65.1 Å². The van der Waals surface area contributed by atoms with Gasteiger partial charge in [-0.3, -0.25) is 9.88 Å². The molecule has 1 aromatic carbocycles. The van der Waals surface area contributed by atoms with Gasteiger partial charge >= 0.3 is 0 Å². The van der Waals surface area contributed by atoms with E-state index in [9.17, 15) is 13.9 Å². The maximum Gasteiger partial charge on any atom is 0.150 e. The first-order valence-corrected chi connectivity index (χ1v) is 9.45. The minimum Gasteiger partial charge on any atom is -0.387 e. The van der Waals surface area contributed by atoms with Gasteiger partial charge in [0, 0.05) is 48.5 Å². The Bertz CT molecular complexity index is 1000. The molecular weight excluding hydrogens is 348 g/mol. The zero-order valence-corrected chi connectivity index (χ0v) is 14.9. The third-order valence-electron chi connectivity index (χ3n) is 6.00. The van der Waals surface area contributed by atoms with Crippen molar-refractivity contribution < 1.29 is 13.9 Å². The van der Waals surface area contributed by atoms with Crippen LogP contribution < -0.4 is 0 Å². The van der Waals surface area contributed by atoms with Crippen molar-refractivity contribution in [2.24, 2.45) is 0 Å². The highest BCUT2D eigenvalue weighted by Gasteiger charge is 2.36. The summed E-state index contributed by atoms with van der Waals surface area (Å²) in [6.45, 7) is 2.20. The Labute approximate surface area is 156 Å². The molecular formula is C21H21F2N3O. The van der Waals surface area contributed by atoms with Gasteiger partial charge in [0.15, 0.2) is 0 Å². The normalized spacial score (nSPS) is 20.6. The Morgan fingerprint density at radius 2 is 2.00 bits per heavy atom. The molecule has 0 spiro atoms. The van der Waals surface area contributed by atoms with Crippen molar-refractivity contribution in [1.29, 1.82) is 0 Å². The van der Waals surface area contributed by atoms with Gasteiger partial charge in [0.1, 0.15) is 11.6 Å². The zero-order valence-electron chi connectivity index (χ0n) is 14.9. The molecule has 5 rings (SSSR count). The van der Waals surface area contributed by atoms with Gasteiger partial charge in [0.2, 0.25) is 0 Å². The largest absolute Gasteiger partial charge is 0.387 e. The molecule has 2 aromatic heterocycles. The van der Waals surface area contributed by atoms with E-state index in [1.54, 1.807) is 24.5 Å². The summed E-state index contributed by atoms with van der Waals surface area (Å²) in [6, 6.07) is 6.13. The van der Waals surface area contributed by atoms with Gasteiger partial charge in [-0.15, -0.1) is 0 Å². The molecule has 2 atom stereocenters. The molecule has 27 heavy (non-hydrogen) atoms. The smallest absolute Gasteiger partial charge is 0.150 e. The van der Waals surface area contributed by atoms with Crippen molar-refractivity contribution in [3.63, 3.8) is 0 Å². The average molecular weight is 369 g/mol. The van der Waals surface area contributed by atoms with E-state index in [-0.39, 0.29) is 12.6 Å². The highest BCUT2D eigenvalue weighted by atomic mass is 19.1. The number of hydrogen-bond acceptors (Lipinski definition) is 3. The van der Waals surface area contributed by atoms with Crippen LogP contribution in [0.25, 0.3) is 10.9 Å². The van der Waals surface area contributed by atoms with Gasteiger partial charge in [-0.25, -0.2) is 8.78 Å². The molecule has 0 aliphatic carbocycles. The Balaban J connectivity index is 1.68. The number of aliphatic hydroxyl groups excluding tert-OH is 1. The maximum absolute atomic E-state index is 14.8. The van der Waals surface area contributed by atoms with E-state index in [2.05, 4.69) is 9.88 Å². The number of nitrogens with zero attached hydrogens (tertiary/aromatic N) is 3. The molecule has 4 heterocycles. The van der Waals surface area contributed by atoms with Crippen LogP contribution in [0.2, 0.25) is 0 Å². The highest BCUT2D eigenvalue weighted by molar-refractivity contribution is 5.87. The standard InChI is InChI=1S/C21H21F2N3O/c22-14-10-15-20-17-2-1-8-25(17)9-5-18(20)26(21(15)16(23)11-14)12-19(27)13-3-6-24-7-4-13/h3-4,6-7,10-11,17,19,27H,1-2,5,8-9,12H2/t17-,19?/m1/s1. The molecule has 1 N–H and O–H groups in total. The maximum atomic E-state index is 14.8. The number of pyridine rings is 1. The fourth-order valence-electron chi connectivity index (χ4n) is 4.86. The molecule has 0 amide bonds. The van der Waals surface area contributed by atoms with E-state index in [0.717, 1.165) is 55.2 Å². The fraction of sp³-hybridized carbons (Fsp3) is 0.381. The second-order valence-electron chi connectivity index (χ2n) is 7.50. The minimum atomic E-state index is -0.779. The first-order valence-electron chi connectivity index (χ1n) is 9.45. The predicted octanol–water partition coefficient (Wildman–Crippen LogP) is 3.74. The molecule has 1 saturated heterocycles. The number of rotatable bonds is 3. The number of fused-ring (bicyclic) bond motifs is 5. The topological polar surface area (TPSA) is 41.3 Å². The second kappa shape index (κ2) is 6.39. The first-order chi connectivity index (χ1) is 13.1. The Kier molecular flexibility index (Phi) is 3.98. The summed E-state index contributed by atoms with van der Waals surface area (Å²) in [5, 5.41) is 11.4. The Morgan fingerprint density at radius 3 is 2.81 bits per heavy atom. The SMILES string of the molecule is OC(Cn1c2c(c3cc(F)cc(F)c31)[C@H]1CCCN1CC2)c1ccncc1. The van der Waals surface area contributed by atoms with E-state index >= 15 is 0 Å². The number of benzene rings is 1. The highest BCUT2D eigenvalue weighted by Crippen LogP contribution is 2.44. The van der Waals surface area contributed by atoms with Crippen LogP contribution in [0, 0.1) is 11.6 Å². The molecule has 1 unspecified atom stereocenters. The third kappa shape index (κ3) is 2.66. The summed E-state index contributed by atoms with van der Waals surface area (Å²) in [4.78, 5) is 6.39. The van der Waals surface area contributed by atoms with Gasteiger partial charge in [-0.05, 0) is 48.7 Å². The summed E-state index contributed by atoms with van der Waals surface area (Å²) in [5.41, 5.74) is 3.23. The summed E-state index contributed by atoms with van der Waals surface area (Å²) >= 11 is 0. The van der Waals surface area contributed by atoms with Crippen LogP contribution in [0.3, 0.4) is 0 Å². The van der Waals surface area contributed by atoms with Crippen LogP contribution in [0.15, 0.2) is 36.7 Å². The number of halogens is 2. The quantitative estimate of drug-likeness (QED) is 0.765. The van der Waals surface area contributed by atoms with Crippen LogP contribution in [0.5, 0.6) is 0 Å². The van der Waals surface area contributed by atoms with Gasteiger partial charge in [0.25, 0.3) is 0 Å². The fourth-order valence-corrected chi connectivity index (χ4v) is 4.86. The van der Waals surface area contributed by atoms with Crippen LogP contribution in [-0.2, 0) is 13.0 Å². The molecule has 2 aliphatic rings. The lowest BCUT2D eigenvalue weighted by Crippen LogP contribution is -2.31. The minimum absolute atomic E-state index is 0.219. The Hall–Kier alpha value is -2.31. The number of aromatic nitrogens is 2. The van der Waals surface area contributed by atoms with Gasteiger partial charge in [0.05, 0.1) is 18.2 Å². The summed E-state index contributed by atoms with van der Waals surface area (Å²) < 4.78 is 30.7. The van der Waals surface area contributed by atoms with E-state index in [0.29, 0.717) is 10.9 Å². The van der Waals surface area contributed by atoms with Crippen LogP contribution in [-0.4, -0.2) is 32.6 Å². The third-order valence-corrected chi connectivity index (χ3v) is 6.00. The molecule has 0 bridgehead atoms. The molecule has 2 aliphatic heterocycles. The van der Waals surface area contributed by atoms with Crippen molar-refractivity contribution in [3.8, 4) is 0 Å². The van der Waals surface area contributed by atoms with Crippen LogP contribution in [0.4, 0.5) is 8.78 Å². The van der Waals surface area contributed by atoms with Crippen molar-refractivity contribution >= 4 is 10.9 Å². The van der Waals surface area contributed by atoms with Gasteiger partial charge in [-0.1, -0.05) is 0 Å². The summed E-state index contributed by atoms with van der Waals surface area (Å²) in [5.74, 6) is -1.12. The number of hydrogen-bond donors (Lipinski definition) is 1. The molecule has 3 aromatic rings. The van der Waals surface area contributed by atoms with E-state index in [1.165, 1.54) is 6.07 Å². The molecule has 1 fully saturated rings. The molecule has 140 valence electrons. The Morgan fingerprint density at radius 1 is 1.19 bits per heavy atom. The summed E-state index contributed by atoms with van der Waals surface area (Å²) in [7, 11) is 0. The van der Waals surface area contributed by atoms with Crippen molar-refractivity contribution in [1.82, 2.24) is 14.5 Å². The zero-order chi connectivity index (χ0) is 18.5. The van der Waals surface area contributed by atoms with Gasteiger partial charge in [-0.2, -0.15) is 0 Å². The predicted molar refractivity (Wildman–Crippen MR) is 98.3 cm³/mol. The average Bonchev–Trinajstić information content (AvgIpc) is 3.25. The van der Waals surface area contributed by atoms with E-state index in [4.69, 9.17) is 0 Å². The van der Waals surface area contributed by atoms with E-state index in [1.807, 2.05) is 4.57 Å². The molecule has 0 radical (unpaired) electrons. The summed E-state index contributed by atoms with van der Waals surface area (Å²) in [6.07, 6.45) is 5.39. The lowest BCUT2D eigenvalue weighted by Gasteiger charge is -2.31. The second-order valence-corrected chi connectivity index (χ2v) is 7.50. The first kappa shape index (κ1) is 16.8. The van der Waals surface area contributed by atoms with Crippen LogP contribution >= 0.6 is 0 Å². The van der Waals surface area contributed by atoms with Crippen molar-refractivity contribution in [2.45, 2.75) is 38.0 Å². The van der Waals surface area contributed by atoms with Gasteiger partial charge < -0.3 is 9.67 Å². The number of aliphatic hydroxyl groups is 1. The molecule has 0 saturated carbocycles. The lowest BCUT2D eigenvalue weighted by molar-refractivity contribution is 0.155. The monoisotopic (exact) mass is 369 g/mol. The van der Waals surface area contributed by atoms with Crippen molar-refractivity contribution in [2.75, 3.05) is 13.1 Å². The van der Waals surface area contributed by atoms with Crippen LogP contribution in [0.1, 0.15) is 41.8 Å². The molecule has 4 nitrogen and oxygen atoms in total.